The first kappa shape index (κ1) is 18.5. The van der Waals surface area contributed by atoms with Gasteiger partial charge in [0.2, 0.25) is 5.91 Å². The van der Waals surface area contributed by atoms with Crippen LogP contribution in [0.1, 0.15) is 38.2 Å². The van der Waals surface area contributed by atoms with Gasteiger partial charge >= 0.3 is 0 Å². The Balaban J connectivity index is 1.72. The standard InChI is InChI=1S/C20H30N2O2/c1-4-13-24-19-11-7-17(8-12-19)14-22(3)15-20(23)21-18-9-5-16(2)6-10-18/h4,7-8,11-12,16,18H,1,5-6,9-10,13-15H2,2-3H3,(H,21,23). The lowest BCUT2D eigenvalue weighted by atomic mass is 9.87. The molecule has 4 nitrogen and oxygen atoms in total. The minimum absolute atomic E-state index is 0.128. The van der Waals surface area contributed by atoms with Crippen LogP contribution in [0.5, 0.6) is 5.75 Å². The van der Waals surface area contributed by atoms with E-state index in [1.165, 1.54) is 18.4 Å². The molecule has 2 rings (SSSR count). The van der Waals surface area contributed by atoms with Crippen molar-refractivity contribution in [1.29, 1.82) is 0 Å². The highest BCUT2D eigenvalue weighted by molar-refractivity contribution is 5.78. The lowest BCUT2D eigenvalue weighted by Gasteiger charge is -2.27. The molecule has 0 unspecified atom stereocenters. The molecule has 0 saturated heterocycles. The van der Waals surface area contributed by atoms with Crippen LogP contribution in [-0.4, -0.2) is 37.0 Å². The number of nitrogens with zero attached hydrogens (tertiary/aromatic N) is 1. The van der Waals surface area contributed by atoms with Crippen LogP contribution < -0.4 is 10.1 Å². The zero-order valence-electron chi connectivity index (χ0n) is 15.0. The van der Waals surface area contributed by atoms with Crippen LogP contribution in [0.4, 0.5) is 0 Å². The SMILES string of the molecule is C=CCOc1ccc(CN(C)CC(=O)NC2CCC(C)CC2)cc1. The van der Waals surface area contributed by atoms with Gasteiger partial charge in [0, 0.05) is 12.6 Å². The van der Waals surface area contributed by atoms with Gasteiger partial charge in [-0.1, -0.05) is 31.7 Å². The quantitative estimate of drug-likeness (QED) is 0.743. The van der Waals surface area contributed by atoms with E-state index in [0.29, 0.717) is 19.2 Å². The number of benzene rings is 1. The maximum atomic E-state index is 12.2. The Morgan fingerprint density at radius 3 is 2.58 bits per heavy atom. The number of likely N-dealkylation sites (N-methyl/N-ethyl adjacent to an activating group) is 1. The lowest BCUT2D eigenvalue weighted by molar-refractivity contribution is -0.123. The van der Waals surface area contributed by atoms with E-state index < -0.39 is 0 Å². The summed E-state index contributed by atoms with van der Waals surface area (Å²) in [7, 11) is 1.98. The van der Waals surface area contributed by atoms with Crippen LogP contribution in [0.2, 0.25) is 0 Å². The van der Waals surface area contributed by atoms with E-state index in [1.807, 2.05) is 36.2 Å². The maximum Gasteiger partial charge on any atom is 0.234 e. The Hall–Kier alpha value is -1.81. The summed E-state index contributed by atoms with van der Waals surface area (Å²) in [5.41, 5.74) is 1.17. The monoisotopic (exact) mass is 330 g/mol. The van der Waals surface area contributed by atoms with Crippen molar-refractivity contribution in [1.82, 2.24) is 10.2 Å². The average molecular weight is 330 g/mol. The largest absolute Gasteiger partial charge is 0.490 e. The predicted octanol–water partition coefficient (Wildman–Crippen LogP) is 3.38. The molecule has 1 aromatic rings. The third kappa shape index (κ3) is 6.36. The Morgan fingerprint density at radius 2 is 1.96 bits per heavy atom. The van der Waals surface area contributed by atoms with Crippen molar-refractivity contribution in [2.45, 2.75) is 45.2 Å². The number of amides is 1. The van der Waals surface area contributed by atoms with Crippen LogP contribution in [0.3, 0.4) is 0 Å². The first-order valence-corrected chi connectivity index (χ1v) is 8.87. The van der Waals surface area contributed by atoms with Crippen molar-refractivity contribution >= 4 is 5.91 Å². The molecule has 0 aromatic heterocycles. The van der Waals surface area contributed by atoms with Crippen molar-refractivity contribution < 1.29 is 9.53 Å². The molecule has 0 aliphatic heterocycles. The Morgan fingerprint density at radius 1 is 1.29 bits per heavy atom. The van der Waals surface area contributed by atoms with Crippen LogP contribution >= 0.6 is 0 Å². The van der Waals surface area contributed by atoms with Gasteiger partial charge in [-0.2, -0.15) is 0 Å². The molecule has 0 bridgehead atoms. The molecule has 1 aromatic carbocycles. The second-order valence-corrected chi connectivity index (χ2v) is 6.94. The fourth-order valence-corrected chi connectivity index (χ4v) is 3.14. The molecule has 132 valence electrons. The van der Waals surface area contributed by atoms with Gasteiger partial charge in [0.05, 0.1) is 6.54 Å². The maximum absolute atomic E-state index is 12.2. The highest BCUT2D eigenvalue weighted by Gasteiger charge is 2.20. The minimum atomic E-state index is 0.128. The van der Waals surface area contributed by atoms with Crippen LogP contribution in [0.15, 0.2) is 36.9 Å². The van der Waals surface area contributed by atoms with E-state index in [1.54, 1.807) is 6.08 Å². The van der Waals surface area contributed by atoms with E-state index >= 15 is 0 Å². The molecule has 1 fully saturated rings. The van der Waals surface area contributed by atoms with E-state index in [0.717, 1.165) is 31.1 Å². The average Bonchev–Trinajstić information content (AvgIpc) is 2.56. The normalized spacial score (nSPS) is 20.6. The number of carbonyl (C=O) groups excluding carboxylic acids is 1. The van der Waals surface area contributed by atoms with Crippen molar-refractivity contribution in [3.63, 3.8) is 0 Å². The van der Waals surface area contributed by atoms with E-state index in [2.05, 4.69) is 18.8 Å². The van der Waals surface area contributed by atoms with Gasteiger partial charge in [0.25, 0.3) is 0 Å². The smallest absolute Gasteiger partial charge is 0.234 e. The summed E-state index contributed by atoms with van der Waals surface area (Å²) in [5.74, 6) is 1.77. The molecule has 4 heteroatoms. The first-order chi connectivity index (χ1) is 11.6. The number of nitrogens with one attached hydrogen (secondary N) is 1. The molecule has 0 spiro atoms. The molecule has 1 saturated carbocycles. The highest BCUT2D eigenvalue weighted by atomic mass is 16.5. The highest BCUT2D eigenvalue weighted by Crippen LogP contribution is 2.23. The second-order valence-electron chi connectivity index (χ2n) is 6.94. The number of hydrogen-bond acceptors (Lipinski definition) is 3. The van der Waals surface area contributed by atoms with Gasteiger partial charge in [-0.05, 0) is 56.3 Å². The van der Waals surface area contributed by atoms with Gasteiger partial charge in [0.1, 0.15) is 12.4 Å². The summed E-state index contributed by atoms with van der Waals surface area (Å²) in [6.45, 7) is 7.62. The molecular weight excluding hydrogens is 300 g/mol. The topological polar surface area (TPSA) is 41.6 Å². The third-order valence-electron chi connectivity index (χ3n) is 4.54. The molecular formula is C20H30N2O2. The fourth-order valence-electron chi connectivity index (χ4n) is 3.14. The number of rotatable bonds is 8. The molecule has 24 heavy (non-hydrogen) atoms. The summed E-state index contributed by atoms with van der Waals surface area (Å²) in [5, 5.41) is 3.18. The third-order valence-corrected chi connectivity index (χ3v) is 4.54. The molecule has 0 radical (unpaired) electrons. The lowest BCUT2D eigenvalue weighted by Crippen LogP contribution is -2.42. The molecule has 0 heterocycles. The van der Waals surface area contributed by atoms with Crippen LogP contribution in [0, 0.1) is 5.92 Å². The molecule has 1 amide bonds. The summed E-state index contributed by atoms with van der Waals surface area (Å²) in [6, 6.07) is 8.35. The van der Waals surface area contributed by atoms with Gasteiger partial charge < -0.3 is 10.1 Å². The Labute approximate surface area is 145 Å². The summed E-state index contributed by atoms with van der Waals surface area (Å²) >= 11 is 0. The first-order valence-electron chi connectivity index (χ1n) is 8.87. The number of ether oxygens (including phenoxy) is 1. The van der Waals surface area contributed by atoms with Gasteiger partial charge in [0.15, 0.2) is 0 Å². The second kappa shape index (κ2) is 9.48. The van der Waals surface area contributed by atoms with Crippen molar-refractivity contribution in [3.05, 3.63) is 42.5 Å². The van der Waals surface area contributed by atoms with Gasteiger partial charge in [-0.15, -0.1) is 0 Å². The molecule has 0 atom stereocenters. The van der Waals surface area contributed by atoms with Gasteiger partial charge in [-0.3, -0.25) is 9.69 Å². The summed E-state index contributed by atoms with van der Waals surface area (Å²) in [4.78, 5) is 14.2. The molecule has 1 aliphatic carbocycles. The van der Waals surface area contributed by atoms with E-state index in [-0.39, 0.29) is 5.91 Å². The van der Waals surface area contributed by atoms with Crippen molar-refractivity contribution in [2.75, 3.05) is 20.2 Å². The van der Waals surface area contributed by atoms with Crippen LogP contribution in [-0.2, 0) is 11.3 Å². The van der Waals surface area contributed by atoms with Crippen molar-refractivity contribution in [2.24, 2.45) is 5.92 Å². The molecule has 1 N–H and O–H groups in total. The van der Waals surface area contributed by atoms with E-state index in [4.69, 9.17) is 4.74 Å². The Kier molecular flexibility index (Phi) is 7.32. The molecule has 1 aliphatic rings. The number of hydrogen-bond donors (Lipinski definition) is 1. The number of carbonyl (C=O) groups is 1. The summed E-state index contributed by atoms with van der Waals surface area (Å²) in [6.07, 6.45) is 6.40. The van der Waals surface area contributed by atoms with E-state index in [9.17, 15) is 4.79 Å². The van der Waals surface area contributed by atoms with Gasteiger partial charge in [-0.25, -0.2) is 0 Å². The minimum Gasteiger partial charge on any atom is -0.490 e. The van der Waals surface area contributed by atoms with Crippen LogP contribution in [0.25, 0.3) is 0 Å². The van der Waals surface area contributed by atoms with Crippen molar-refractivity contribution in [3.8, 4) is 5.75 Å². The summed E-state index contributed by atoms with van der Waals surface area (Å²) < 4.78 is 5.48. The zero-order chi connectivity index (χ0) is 17.4. The fraction of sp³-hybridized carbons (Fsp3) is 0.550. The zero-order valence-corrected chi connectivity index (χ0v) is 15.0. The predicted molar refractivity (Wildman–Crippen MR) is 98.0 cm³/mol. The Bertz CT molecular complexity index is 519.